The van der Waals surface area contributed by atoms with E-state index in [2.05, 4.69) is 39.0 Å². The van der Waals surface area contributed by atoms with Crippen molar-refractivity contribution in [3.05, 3.63) is 24.0 Å². The minimum Gasteiger partial charge on any atom is -0.356 e. The van der Waals surface area contributed by atoms with Crippen LogP contribution in [0, 0.1) is 11.8 Å². The monoisotopic (exact) mass is 363 g/mol. The molecule has 8 heteroatoms. The Morgan fingerprint density at radius 3 is 2.83 bits per heavy atom. The van der Waals surface area contributed by atoms with Crippen molar-refractivity contribution < 1.29 is 4.79 Å². The van der Waals surface area contributed by atoms with Crippen LogP contribution in [0.5, 0.6) is 0 Å². The van der Waals surface area contributed by atoms with Crippen LogP contribution in [0.3, 0.4) is 0 Å². The molecule has 0 aliphatic carbocycles. The standard InChI is InChI=1S/C16H21N5OS2/c1-11-5-12(2)8-21(7-11)13-6-15(19-10-18-13)24-9-14(22)20-16-17-3-4-23-16/h3-4,6,10-12H,5,7-9H2,1-2H3,(H,17,20,22). The second-order valence-corrected chi connectivity index (χ2v) is 8.13. The number of hydrogen-bond acceptors (Lipinski definition) is 7. The first-order valence-corrected chi connectivity index (χ1v) is 9.86. The Kier molecular flexibility index (Phi) is 5.68. The number of carbonyl (C=O) groups is 1. The number of nitrogens with zero attached hydrogens (tertiary/aromatic N) is 4. The van der Waals surface area contributed by atoms with Crippen molar-refractivity contribution >= 4 is 40.0 Å². The number of piperidine rings is 1. The van der Waals surface area contributed by atoms with Gasteiger partial charge in [-0.1, -0.05) is 25.6 Å². The minimum absolute atomic E-state index is 0.0738. The number of aromatic nitrogens is 3. The van der Waals surface area contributed by atoms with E-state index in [0.717, 1.165) is 23.9 Å². The molecule has 1 saturated heterocycles. The fraction of sp³-hybridized carbons (Fsp3) is 0.500. The van der Waals surface area contributed by atoms with Gasteiger partial charge in [0, 0.05) is 30.7 Å². The maximum absolute atomic E-state index is 11.9. The van der Waals surface area contributed by atoms with E-state index in [1.807, 2.05) is 11.4 Å². The molecule has 2 aromatic rings. The molecule has 1 aliphatic rings. The Balaban J connectivity index is 1.58. The zero-order valence-electron chi connectivity index (χ0n) is 13.8. The third-order valence-electron chi connectivity index (χ3n) is 3.85. The summed E-state index contributed by atoms with van der Waals surface area (Å²) < 4.78 is 0. The summed E-state index contributed by atoms with van der Waals surface area (Å²) in [4.78, 5) is 27.0. The van der Waals surface area contributed by atoms with E-state index in [-0.39, 0.29) is 5.91 Å². The third kappa shape index (κ3) is 4.67. The van der Waals surface area contributed by atoms with Gasteiger partial charge in [0.25, 0.3) is 0 Å². The van der Waals surface area contributed by atoms with Gasteiger partial charge in [0.05, 0.1) is 5.75 Å². The van der Waals surface area contributed by atoms with Crippen LogP contribution in [-0.4, -0.2) is 39.7 Å². The van der Waals surface area contributed by atoms with Crippen LogP contribution in [-0.2, 0) is 4.79 Å². The predicted octanol–water partition coefficient (Wildman–Crippen LogP) is 3.15. The summed E-state index contributed by atoms with van der Waals surface area (Å²) in [6.45, 7) is 6.61. The molecule has 2 unspecified atom stereocenters. The van der Waals surface area contributed by atoms with Crippen LogP contribution < -0.4 is 10.2 Å². The molecule has 0 saturated carbocycles. The highest BCUT2D eigenvalue weighted by Crippen LogP contribution is 2.27. The van der Waals surface area contributed by atoms with E-state index < -0.39 is 0 Å². The first-order valence-electron chi connectivity index (χ1n) is 7.99. The molecular weight excluding hydrogens is 342 g/mol. The van der Waals surface area contributed by atoms with E-state index in [1.54, 1.807) is 12.5 Å². The van der Waals surface area contributed by atoms with Gasteiger partial charge in [-0.15, -0.1) is 11.3 Å². The Morgan fingerprint density at radius 1 is 1.33 bits per heavy atom. The van der Waals surface area contributed by atoms with Crippen molar-refractivity contribution in [1.82, 2.24) is 15.0 Å². The molecule has 1 fully saturated rings. The molecule has 1 amide bonds. The van der Waals surface area contributed by atoms with Gasteiger partial charge < -0.3 is 10.2 Å². The Morgan fingerprint density at radius 2 is 2.12 bits per heavy atom. The Hall–Kier alpha value is -1.67. The highest BCUT2D eigenvalue weighted by molar-refractivity contribution is 7.99. The van der Waals surface area contributed by atoms with Gasteiger partial charge in [-0.05, 0) is 18.3 Å². The second-order valence-electron chi connectivity index (χ2n) is 6.24. The summed E-state index contributed by atoms with van der Waals surface area (Å²) in [6.07, 6.45) is 4.52. The smallest absolute Gasteiger partial charge is 0.236 e. The number of hydrogen-bond donors (Lipinski definition) is 1. The predicted molar refractivity (Wildman–Crippen MR) is 98.7 cm³/mol. The number of thiazole rings is 1. The third-order valence-corrected chi connectivity index (χ3v) is 5.46. The number of thioether (sulfide) groups is 1. The molecular formula is C16H21N5OS2. The molecule has 0 spiro atoms. The summed E-state index contributed by atoms with van der Waals surface area (Å²) in [5, 5.41) is 6.05. The molecule has 0 radical (unpaired) electrons. The van der Waals surface area contributed by atoms with Gasteiger partial charge in [-0.25, -0.2) is 15.0 Å². The van der Waals surface area contributed by atoms with Gasteiger partial charge in [-0.2, -0.15) is 0 Å². The highest BCUT2D eigenvalue weighted by Gasteiger charge is 2.23. The zero-order valence-corrected chi connectivity index (χ0v) is 15.4. The van der Waals surface area contributed by atoms with Crippen molar-refractivity contribution in [3.63, 3.8) is 0 Å². The molecule has 0 aromatic carbocycles. The normalized spacial score (nSPS) is 20.8. The minimum atomic E-state index is -0.0738. The fourth-order valence-electron chi connectivity index (χ4n) is 3.01. The van der Waals surface area contributed by atoms with Crippen LogP contribution in [0.25, 0.3) is 0 Å². The Bertz CT molecular complexity index is 669. The SMILES string of the molecule is CC1CC(C)CN(c2cc(SCC(=O)Nc3nccs3)ncn2)C1. The summed E-state index contributed by atoms with van der Waals surface area (Å²) in [6, 6.07) is 1.98. The molecule has 24 heavy (non-hydrogen) atoms. The molecule has 3 heterocycles. The lowest BCUT2D eigenvalue weighted by Crippen LogP contribution is -2.39. The zero-order chi connectivity index (χ0) is 16.9. The average Bonchev–Trinajstić information content (AvgIpc) is 3.05. The van der Waals surface area contributed by atoms with Gasteiger partial charge in [0.2, 0.25) is 5.91 Å². The van der Waals surface area contributed by atoms with E-state index in [0.29, 0.717) is 22.7 Å². The van der Waals surface area contributed by atoms with Crippen LogP contribution >= 0.6 is 23.1 Å². The number of anilines is 2. The van der Waals surface area contributed by atoms with Crippen molar-refractivity contribution in [2.75, 3.05) is 29.1 Å². The molecule has 6 nitrogen and oxygen atoms in total. The molecule has 2 atom stereocenters. The molecule has 1 aliphatic heterocycles. The topological polar surface area (TPSA) is 71.0 Å². The fourth-order valence-corrected chi connectivity index (χ4v) is 4.22. The quantitative estimate of drug-likeness (QED) is 0.650. The lowest BCUT2D eigenvalue weighted by molar-refractivity contribution is -0.113. The van der Waals surface area contributed by atoms with E-state index in [9.17, 15) is 4.79 Å². The van der Waals surface area contributed by atoms with Gasteiger partial charge in [-0.3, -0.25) is 4.79 Å². The van der Waals surface area contributed by atoms with E-state index in [1.165, 1.54) is 29.5 Å². The lowest BCUT2D eigenvalue weighted by Gasteiger charge is -2.35. The van der Waals surface area contributed by atoms with Gasteiger partial charge in [0.1, 0.15) is 17.2 Å². The number of carbonyl (C=O) groups excluding carboxylic acids is 1. The summed E-state index contributed by atoms with van der Waals surface area (Å²) in [7, 11) is 0. The van der Waals surface area contributed by atoms with Crippen molar-refractivity contribution in [2.24, 2.45) is 11.8 Å². The first-order chi connectivity index (χ1) is 11.6. The van der Waals surface area contributed by atoms with E-state index >= 15 is 0 Å². The molecule has 0 bridgehead atoms. The van der Waals surface area contributed by atoms with Gasteiger partial charge >= 0.3 is 0 Å². The summed E-state index contributed by atoms with van der Waals surface area (Å²) >= 11 is 2.83. The summed E-state index contributed by atoms with van der Waals surface area (Å²) in [5.74, 6) is 2.53. The largest absolute Gasteiger partial charge is 0.356 e. The number of nitrogens with one attached hydrogen (secondary N) is 1. The first kappa shape index (κ1) is 17.2. The number of amides is 1. The van der Waals surface area contributed by atoms with Crippen LogP contribution in [0.1, 0.15) is 20.3 Å². The average molecular weight is 364 g/mol. The molecule has 128 valence electrons. The number of rotatable bonds is 5. The van der Waals surface area contributed by atoms with Crippen molar-refractivity contribution in [3.8, 4) is 0 Å². The van der Waals surface area contributed by atoms with Crippen molar-refractivity contribution in [1.29, 1.82) is 0 Å². The van der Waals surface area contributed by atoms with Crippen LogP contribution in [0.15, 0.2) is 29.0 Å². The molecule has 3 rings (SSSR count). The molecule has 1 N–H and O–H groups in total. The maximum atomic E-state index is 11.9. The lowest BCUT2D eigenvalue weighted by atomic mass is 9.92. The maximum Gasteiger partial charge on any atom is 0.236 e. The molecule has 2 aromatic heterocycles. The highest BCUT2D eigenvalue weighted by atomic mass is 32.2. The summed E-state index contributed by atoms with van der Waals surface area (Å²) in [5.41, 5.74) is 0. The van der Waals surface area contributed by atoms with Crippen LogP contribution in [0.4, 0.5) is 10.9 Å². The van der Waals surface area contributed by atoms with Gasteiger partial charge in [0.15, 0.2) is 5.13 Å². The second kappa shape index (κ2) is 7.94. The van der Waals surface area contributed by atoms with Crippen molar-refractivity contribution in [2.45, 2.75) is 25.3 Å². The van der Waals surface area contributed by atoms with E-state index in [4.69, 9.17) is 0 Å². The van der Waals surface area contributed by atoms with Crippen LogP contribution in [0.2, 0.25) is 0 Å². The Labute approximate surface area is 150 Å².